The monoisotopic (exact) mass is 633 g/mol. The molecule has 11 heteroatoms. The Morgan fingerprint density at radius 3 is 2.36 bits per heavy atom. The fourth-order valence-corrected chi connectivity index (χ4v) is 6.70. The Kier molecular flexibility index (Phi) is 8.39. The van der Waals surface area contributed by atoms with Gasteiger partial charge in [-0.1, -0.05) is 23.7 Å². The van der Waals surface area contributed by atoms with Crippen molar-refractivity contribution in [2.75, 3.05) is 19.7 Å². The van der Waals surface area contributed by atoms with E-state index in [-0.39, 0.29) is 23.9 Å². The zero-order valence-corrected chi connectivity index (χ0v) is 27.2. The summed E-state index contributed by atoms with van der Waals surface area (Å²) in [7, 11) is 0. The summed E-state index contributed by atoms with van der Waals surface area (Å²) in [5, 5.41) is 21.0. The molecular weight excluding hydrogens is 594 g/mol. The predicted molar refractivity (Wildman–Crippen MR) is 173 cm³/mol. The Labute approximate surface area is 267 Å². The average molecular weight is 634 g/mol. The lowest BCUT2D eigenvalue weighted by Crippen LogP contribution is -2.42. The number of aryl methyl sites for hydroxylation is 1. The minimum Gasteiger partial charge on any atom is -0.478 e. The van der Waals surface area contributed by atoms with Crippen LogP contribution >= 0.6 is 11.6 Å². The molecule has 2 aromatic heterocycles. The Bertz CT molecular complexity index is 1740. The zero-order valence-electron chi connectivity index (χ0n) is 26.5. The molecule has 1 amide bonds. The van der Waals surface area contributed by atoms with Gasteiger partial charge in [0.1, 0.15) is 11.3 Å². The van der Waals surface area contributed by atoms with Crippen LogP contribution in [0.3, 0.4) is 0 Å². The lowest BCUT2D eigenvalue weighted by molar-refractivity contribution is -0.0366. The number of fused-ring (bicyclic) bond motifs is 1. The van der Waals surface area contributed by atoms with Gasteiger partial charge in [0.05, 0.1) is 28.3 Å². The first-order chi connectivity index (χ1) is 21.4. The van der Waals surface area contributed by atoms with Gasteiger partial charge >= 0.3 is 12.1 Å². The lowest BCUT2D eigenvalue weighted by Gasteiger charge is -2.34. The first-order valence-electron chi connectivity index (χ1n) is 15.6. The summed E-state index contributed by atoms with van der Waals surface area (Å²) in [4.78, 5) is 26.1. The average Bonchev–Trinajstić information content (AvgIpc) is 3.58. The van der Waals surface area contributed by atoms with Gasteiger partial charge in [-0.25, -0.2) is 14.3 Å². The van der Waals surface area contributed by atoms with Gasteiger partial charge < -0.3 is 19.5 Å². The molecule has 0 radical (unpaired) electrons. The van der Waals surface area contributed by atoms with Crippen molar-refractivity contribution in [1.29, 1.82) is 0 Å². The number of carboxylic acids is 1. The SMILES string of the molecule is Cc1cc2c(cnn2C2CCCCO2)c(-c2c(-c3ccc(C(=O)O)cc3)nn(C3CCN(C(=O)OC(C)(C)C)CC3)c2C)c1Cl. The second kappa shape index (κ2) is 12.1. The quantitative estimate of drug-likeness (QED) is 0.239. The fourth-order valence-electron chi connectivity index (χ4n) is 6.45. The molecule has 6 rings (SSSR count). The van der Waals surface area contributed by atoms with Crippen LogP contribution in [0.5, 0.6) is 0 Å². The standard InChI is InChI=1S/C34H40ClN5O5/c1-20-18-26-25(19-36-40(26)27-8-6-7-17-44-27)29(30(20)35)28-21(2)39(37-31(28)22-9-11-23(12-10-22)32(41)42)24-13-15-38(16-14-24)33(43)45-34(3,4)5/h9-12,18-19,24,27H,6-8,13-17H2,1-5H3,(H,41,42). The van der Waals surface area contributed by atoms with Gasteiger partial charge in [0.2, 0.25) is 0 Å². The van der Waals surface area contributed by atoms with Crippen molar-refractivity contribution >= 4 is 34.6 Å². The molecule has 4 heterocycles. The number of amides is 1. The van der Waals surface area contributed by atoms with Gasteiger partial charge in [0.25, 0.3) is 0 Å². The number of halogens is 1. The lowest BCUT2D eigenvalue weighted by atomic mass is 9.94. The van der Waals surface area contributed by atoms with E-state index in [4.69, 9.17) is 31.3 Å². The maximum Gasteiger partial charge on any atom is 0.410 e. The minimum absolute atomic E-state index is 0.0481. The van der Waals surface area contributed by atoms with Gasteiger partial charge in [-0.15, -0.1) is 0 Å². The van der Waals surface area contributed by atoms with Crippen molar-refractivity contribution < 1.29 is 24.2 Å². The predicted octanol–water partition coefficient (Wildman–Crippen LogP) is 7.81. The van der Waals surface area contributed by atoms with Crippen LogP contribution < -0.4 is 0 Å². The number of rotatable bonds is 5. The second-order valence-corrected chi connectivity index (χ2v) is 13.4. The summed E-state index contributed by atoms with van der Waals surface area (Å²) in [6.07, 6.45) is 5.89. The highest BCUT2D eigenvalue weighted by Gasteiger charge is 2.32. The summed E-state index contributed by atoms with van der Waals surface area (Å²) in [6, 6.07) is 8.91. The summed E-state index contributed by atoms with van der Waals surface area (Å²) in [5.41, 5.74) is 5.70. The number of carbonyl (C=O) groups is 2. The molecule has 0 bridgehead atoms. The first kappa shape index (κ1) is 31.1. The molecule has 0 aliphatic carbocycles. The first-order valence-corrected chi connectivity index (χ1v) is 16.0. The number of ether oxygens (including phenoxy) is 2. The van der Waals surface area contributed by atoms with Crippen molar-refractivity contribution in [3.05, 3.63) is 58.4 Å². The molecule has 10 nitrogen and oxygen atoms in total. The van der Waals surface area contributed by atoms with Crippen LogP contribution in [0.1, 0.15) is 86.8 Å². The number of hydrogen-bond acceptors (Lipinski definition) is 6. The highest BCUT2D eigenvalue weighted by molar-refractivity contribution is 6.36. The number of carbonyl (C=O) groups excluding carboxylic acids is 1. The van der Waals surface area contributed by atoms with E-state index in [0.717, 1.165) is 63.8 Å². The molecule has 2 aliphatic rings. The van der Waals surface area contributed by atoms with Crippen LogP contribution in [-0.4, -0.2) is 66.9 Å². The van der Waals surface area contributed by atoms with Crippen molar-refractivity contribution in [1.82, 2.24) is 24.5 Å². The van der Waals surface area contributed by atoms with E-state index in [9.17, 15) is 14.7 Å². The maximum atomic E-state index is 12.7. The van der Waals surface area contributed by atoms with Crippen molar-refractivity contribution in [2.24, 2.45) is 0 Å². The third-order valence-corrected chi connectivity index (χ3v) is 9.21. The number of aromatic nitrogens is 4. The Morgan fingerprint density at radius 2 is 1.73 bits per heavy atom. The van der Waals surface area contributed by atoms with Gasteiger partial charge in [-0.3, -0.25) is 4.68 Å². The van der Waals surface area contributed by atoms with E-state index in [2.05, 4.69) is 17.7 Å². The zero-order chi connectivity index (χ0) is 32.0. The molecular formula is C34H40ClN5O5. The highest BCUT2D eigenvalue weighted by atomic mass is 35.5. The maximum absolute atomic E-state index is 12.7. The van der Waals surface area contributed by atoms with E-state index in [1.54, 1.807) is 29.2 Å². The number of piperidine rings is 1. The molecule has 2 saturated heterocycles. The molecule has 0 saturated carbocycles. The molecule has 4 aromatic rings. The molecule has 2 aliphatic heterocycles. The van der Waals surface area contributed by atoms with E-state index >= 15 is 0 Å². The molecule has 2 aromatic carbocycles. The number of hydrogen-bond donors (Lipinski definition) is 1. The van der Waals surface area contributed by atoms with Crippen LogP contribution in [0.25, 0.3) is 33.3 Å². The molecule has 1 atom stereocenters. The van der Waals surface area contributed by atoms with E-state index in [0.29, 0.717) is 37.6 Å². The van der Waals surface area contributed by atoms with Crippen LogP contribution in [0.4, 0.5) is 4.79 Å². The third kappa shape index (κ3) is 6.05. The Morgan fingerprint density at radius 1 is 1.02 bits per heavy atom. The molecule has 45 heavy (non-hydrogen) atoms. The van der Waals surface area contributed by atoms with Gasteiger partial charge in [-0.2, -0.15) is 10.2 Å². The number of nitrogens with zero attached hydrogens (tertiary/aromatic N) is 5. The van der Waals surface area contributed by atoms with E-state index in [1.807, 2.05) is 38.6 Å². The van der Waals surface area contributed by atoms with Crippen LogP contribution in [0.2, 0.25) is 5.02 Å². The second-order valence-electron chi connectivity index (χ2n) is 13.1. The molecule has 238 valence electrons. The Balaban J connectivity index is 1.45. The van der Waals surface area contributed by atoms with Crippen molar-refractivity contribution in [2.45, 2.75) is 84.6 Å². The number of carboxylic acid groups (broad SMARTS) is 1. The molecule has 0 spiro atoms. The van der Waals surface area contributed by atoms with Crippen LogP contribution in [0.15, 0.2) is 36.5 Å². The van der Waals surface area contributed by atoms with Crippen molar-refractivity contribution in [3.8, 4) is 22.4 Å². The number of aromatic carboxylic acids is 1. The van der Waals surface area contributed by atoms with Crippen molar-refractivity contribution in [3.63, 3.8) is 0 Å². The number of likely N-dealkylation sites (tertiary alicyclic amines) is 1. The molecule has 1 N–H and O–H groups in total. The van der Waals surface area contributed by atoms with Crippen LogP contribution in [0, 0.1) is 13.8 Å². The highest BCUT2D eigenvalue weighted by Crippen LogP contribution is 2.45. The Hall–Kier alpha value is -3.89. The topological polar surface area (TPSA) is 112 Å². The largest absolute Gasteiger partial charge is 0.478 e. The summed E-state index contributed by atoms with van der Waals surface area (Å²) < 4.78 is 15.7. The van der Waals surface area contributed by atoms with Gasteiger partial charge in [0, 0.05) is 47.5 Å². The fraction of sp³-hybridized carbons (Fsp3) is 0.471. The smallest absolute Gasteiger partial charge is 0.410 e. The summed E-state index contributed by atoms with van der Waals surface area (Å²) >= 11 is 7.16. The number of benzene rings is 2. The molecule has 2 fully saturated rings. The van der Waals surface area contributed by atoms with E-state index < -0.39 is 11.6 Å². The van der Waals surface area contributed by atoms with E-state index in [1.165, 1.54) is 0 Å². The normalized spacial score (nSPS) is 18.0. The van der Waals surface area contributed by atoms with Gasteiger partial charge in [0.15, 0.2) is 6.23 Å². The third-order valence-electron chi connectivity index (χ3n) is 8.72. The van der Waals surface area contributed by atoms with Gasteiger partial charge in [-0.05, 0) is 90.5 Å². The van der Waals surface area contributed by atoms with Crippen LogP contribution in [-0.2, 0) is 9.47 Å². The minimum atomic E-state index is -0.985. The summed E-state index contributed by atoms with van der Waals surface area (Å²) in [6.45, 7) is 11.5. The summed E-state index contributed by atoms with van der Waals surface area (Å²) in [5.74, 6) is -0.985. The molecule has 1 unspecified atom stereocenters.